The van der Waals surface area contributed by atoms with Crippen LogP contribution in [0.5, 0.6) is 0 Å². The van der Waals surface area contributed by atoms with Gasteiger partial charge in [0.15, 0.2) is 6.10 Å². The van der Waals surface area contributed by atoms with Crippen LogP contribution in [0.25, 0.3) is 0 Å². The first-order valence-electron chi connectivity index (χ1n) is 21.5. The van der Waals surface area contributed by atoms with E-state index >= 15 is 0 Å². The zero-order valence-corrected chi connectivity index (χ0v) is 33.0. The highest BCUT2D eigenvalue weighted by Crippen LogP contribution is 2.15. The highest BCUT2D eigenvalue weighted by molar-refractivity contribution is 5.71. The van der Waals surface area contributed by atoms with Gasteiger partial charge in [-0.15, -0.1) is 0 Å². The molecule has 0 aliphatic heterocycles. The fraction of sp³-hybridized carbons (Fsp3) is 0.930. The second kappa shape index (κ2) is 39.2. The quantitative estimate of drug-likeness (QED) is 0.0362. The summed E-state index contributed by atoms with van der Waals surface area (Å²) in [7, 11) is 0. The van der Waals surface area contributed by atoms with E-state index in [9.17, 15) is 14.4 Å². The fourth-order valence-corrected chi connectivity index (χ4v) is 6.32. The van der Waals surface area contributed by atoms with Crippen molar-refractivity contribution in [3.05, 3.63) is 0 Å². The van der Waals surface area contributed by atoms with Crippen molar-refractivity contribution in [2.24, 2.45) is 0 Å². The molecule has 0 unspecified atom stereocenters. The van der Waals surface area contributed by atoms with Crippen LogP contribution >= 0.6 is 0 Å². The molecule has 0 aliphatic carbocycles. The SMILES string of the molecule is CCCCCCCCCCCCCCCCCC(=O)OC[C@@H](COC(=O)CCCCCCCCC)OC(=O)CCCCCCCCCCC. The molecule has 0 saturated heterocycles. The summed E-state index contributed by atoms with van der Waals surface area (Å²) < 4.78 is 16.6. The topological polar surface area (TPSA) is 78.9 Å². The minimum atomic E-state index is -0.755. The number of hydrogen-bond donors (Lipinski definition) is 0. The molecule has 0 radical (unpaired) electrons. The smallest absolute Gasteiger partial charge is 0.306 e. The maximum Gasteiger partial charge on any atom is 0.306 e. The highest BCUT2D eigenvalue weighted by atomic mass is 16.6. The summed E-state index contributed by atoms with van der Waals surface area (Å²) in [6.07, 6.45) is 38.1. The first-order valence-corrected chi connectivity index (χ1v) is 21.5. The predicted octanol–water partition coefficient (Wildman–Crippen LogP) is 13.3. The molecule has 6 nitrogen and oxygen atoms in total. The molecule has 0 heterocycles. The molecule has 0 fully saturated rings. The first-order chi connectivity index (χ1) is 24.0. The minimum absolute atomic E-state index is 0.0637. The molecule has 0 rings (SSSR count). The van der Waals surface area contributed by atoms with Crippen molar-refractivity contribution in [1.29, 1.82) is 0 Å². The molecule has 0 saturated carbocycles. The molecule has 0 bridgehead atoms. The van der Waals surface area contributed by atoms with E-state index in [1.807, 2.05) is 0 Å². The van der Waals surface area contributed by atoms with E-state index < -0.39 is 6.10 Å². The van der Waals surface area contributed by atoms with Crippen LogP contribution in [-0.2, 0) is 28.6 Å². The normalized spacial score (nSPS) is 11.8. The van der Waals surface area contributed by atoms with Gasteiger partial charge in [-0.1, -0.05) is 201 Å². The van der Waals surface area contributed by atoms with Crippen LogP contribution in [0.1, 0.15) is 239 Å². The van der Waals surface area contributed by atoms with E-state index in [4.69, 9.17) is 14.2 Å². The highest BCUT2D eigenvalue weighted by Gasteiger charge is 2.19. The summed E-state index contributed by atoms with van der Waals surface area (Å²) in [6, 6.07) is 0. The Bertz CT molecular complexity index is 723. The molecule has 0 aromatic heterocycles. The van der Waals surface area contributed by atoms with E-state index in [2.05, 4.69) is 20.8 Å². The zero-order chi connectivity index (χ0) is 35.9. The number of carbonyl (C=O) groups is 3. The summed E-state index contributed by atoms with van der Waals surface area (Å²) in [5.41, 5.74) is 0. The number of unbranched alkanes of at least 4 members (excludes halogenated alkanes) is 28. The van der Waals surface area contributed by atoms with E-state index in [0.29, 0.717) is 19.3 Å². The maximum atomic E-state index is 12.6. The van der Waals surface area contributed by atoms with Crippen LogP contribution in [0, 0.1) is 0 Å². The fourth-order valence-electron chi connectivity index (χ4n) is 6.32. The number of ether oxygens (including phenoxy) is 3. The molecular weight excluding hydrogens is 612 g/mol. The molecule has 0 N–H and O–H groups in total. The van der Waals surface area contributed by atoms with Crippen LogP contribution in [0.3, 0.4) is 0 Å². The number of esters is 3. The van der Waals surface area contributed by atoms with Crippen molar-refractivity contribution in [3.8, 4) is 0 Å². The molecule has 290 valence electrons. The summed E-state index contributed by atoms with van der Waals surface area (Å²) in [5.74, 6) is -0.865. The standard InChI is InChI=1S/C43H82O6/c1-4-7-10-13-16-18-19-20-21-22-23-25-27-30-33-36-42(45)48-39-40(38-47-41(44)35-32-29-26-15-12-9-6-3)49-43(46)37-34-31-28-24-17-14-11-8-5-2/h40H,4-39H2,1-3H3/t40-/m1/s1. The van der Waals surface area contributed by atoms with Crippen molar-refractivity contribution < 1.29 is 28.6 Å². The lowest BCUT2D eigenvalue weighted by Gasteiger charge is -2.18. The Kier molecular flexibility index (Phi) is 37.9. The second-order valence-electron chi connectivity index (χ2n) is 14.6. The molecule has 0 spiro atoms. The van der Waals surface area contributed by atoms with Gasteiger partial charge in [0.2, 0.25) is 0 Å². The second-order valence-corrected chi connectivity index (χ2v) is 14.6. The van der Waals surface area contributed by atoms with Crippen LogP contribution in [0.2, 0.25) is 0 Å². The van der Waals surface area contributed by atoms with Gasteiger partial charge in [-0.05, 0) is 19.3 Å². The Labute approximate surface area is 304 Å². The van der Waals surface area contributed by atoms with E-state index in [1.54, 1.807) is 0 Å². The van der Waals surface area contributed by atoms with Gasteiger partial charge in [-0.2, -0.15) is 0 Å². The van der Waals surface area contributed by atoms with Gasteiger partial charge in [0.1, 0.15) is 13.2 Å². The van der Waals surface area contributed by atoms with Gasteiger partial charge >= 0.3 is 17.9 Å². The summed E-state index contributed by atoms with van der Waals surface area (Å²) in [4.78, 5) is 37.4. The van der Waals surface area contributed by atoms with Crippen molar-refractivity contribution in [1.82, 2.24) is 0 Å². The maximum absolute atomic E-state index is 12.6. The molecule has 49 heavy (non-hydrogen) atoms. The van der Waals surface area contributed by atoms with Crippen molar-refractivity contribution in [3.63, 3.8) is 0 Å². The monoisotopic (exact) mass is 695 g/mol. The number of hydrogen-bond acceptors (Lipinski definition) is 6. The Hall–Kier alpha value is -1.59. The van der Waals surface area contributed by atoms with Gasteiger partial charge in [0.05, 0.1) is 0 Å². The average molecular weight is 695 g/mol. The molecule has 0 aromatic rings. The molecular formula is C43H82O6. The summed E-state index contributed by atoms with van der Waals surface area (Å²) >= 11 is 0. The molecule has 6 heteroatoms. The predicted molar refractivity (Wildman–Crippen MR) is 206 cm³/mol. The first kappa shape index (κ1) is 47.4. The van der Waals surface area contributed by atoms with E-state index in [-0.39, 0.29) is 31.1 Å². The van der Waals surface area contributed by atoms with Crippen LogP contribution in [-0.4, -0.2) is 37.2 Å². The van der Waals surface area contributed by atoms with Crippen LogP contribution < -0.4 is 0 Å². The Morgan fingerprint density at radius 3 is 0.816 bits per heavy atom. The lowest BCUT2D eigenvalue weighted by molar-refractivity contribution is -0.167. The van der Waals surface area contributed by atoms with E-state index in [0.717, 1.165) is 57.8 Å². The summed E-state index contributed by atoms with van der Waals surface area (Å²) in [6.45, 7) is 6.58. The van der Waals surface area contributed by atoms with Crippen molar-refractivity contribution >= 4 is 17.9 Å². The summed E-state index contributed by atoms with van der Waals surface area (Å²) in [5, 5.41) is 0. The van der Waals surface area contributed by atoms with Gasteiger partial charge in [0, 0.05) is 19.3 Å². The third-order valence-electron chi connectivity index (χ3n) is 9.61. The Morgan fingerprint density at radius 2 is 0.551 bits per heavy atom. The van der Waals surface area contributed by atoms with Gasteiger partial charge in [0.25, 0.3) is 0 Å². The average Bonchev–Trinajstić information content (AvgIpc) is 3.10. The molecule has 0 aromatic carbocycles. The van der Waals surface area contributed by atoms with Crippen LogP contribution in [0.4, 0.5) is 0 Å². The zero-order valence-electron chi connectivity index (χ0n) is 33.0. The third-order valence-corrected chi connectivity index (χ3v) is 9.61. The van der Waals surface area contributed by atoms with Gasteiger partial charge in [-0.25, -0.2) is 0 Å². The van der Waals surface area contributed by atoms with Gasteiger partial charge < -0.3 is 14.2 Å². The Morgan fingerprint density at radius 1 is 0.327 bits per heavy atom. The number of rotatable bonds is 39. The minimum Gasteiger partial charge on any atom is -0.462 e. The van der Waals surface area contributed by atoms with Crippen molar-refractivity contribution in [2.45, 2.75) is 245 Å². The van der Waals surface area contributed by atoms with E-state index in [1.165, 1.54) is 141 Å². The molecule has 0 aliphatic rings. The lowest BCUT2D eigenvalue weighted by Crippen LogP contribution is -2.30. The Balaban J connectivity index is 4.23. The lowest BCUT2D eigenvalue weighted by atomic mass is 10.0. The largest absolute Gasteiger partial charge is 0.462 e. The van der Waals surface area contributed by atoms with Gasteiger partial charge in [-0.3, -0.25) is 14.4 Å². The molecule has 1 atom stereocenters. The van der Waals surface area contributed by atoms with Crippen molar-refractivity contribution in [2.75, 3.05) is 13.2 Å². The number of carbonyl (C=O) groups excluding carboxylic acids is 3. The van der Waals surface area contributed by atoms with Crippen LogP contribution in [0.15, 0.2) is 0 Å². The third kappa shape index (κ3) is 37.5. The molecule has 0 amide bonds.